The van der Waals surface area contributed by atoms with E-state index in [0.717, 1.165) is 56.7 Å². The third-order valence-corrected chi connectivity index (χ3v) is 19.7. The Morgan fingerprint density at radius 2 is 0.670 bits per heavy atom. The lowest BCUT2D eigenvalue weighted by atomic mass is 10.0. The summed E-state index contributed by atoms with van der Waals surface area (Å²) >= 11 is 0. The van der Waals surface area contributed by atoms with E-state index >= 15 is 0 Å². The van der Waals surface area contributed by atoms with Crippen LogP contribution in [0, 0.1) is 0 Å². The SMILES string of the molecule is COc1ccc(N=Nc2c(S(=O)(=O)O)cc3c(S(=O)(=O)O)c(N=Nc4c(S(=O)(=O)ON)cc5cc(S(=O)(=O)O)c(N=Nc6ccc7c(O)c(N=Nc8ccc(OC)cc8S(=O)(=O)O)c(S(=O)(=O)O)cc7c6S(=O)(=O)O)c(O)c5c4N)ccc3c2O)c(S(=O)(=O)O)c1. The zero-order chi connectivity index (χ0) is 67.8. The summed E-state index contributed by atoms with van der Waals surface area (Å²) in [6.07, 6.45) is 0. The molecule has 0 saturated heterocycles. The van der Waals surface area contributed by atoms with Crippen LogP contribution in [-0.2, 0) is 85.2 Å². The van der Waals surface area contributed by atoms with Gasteiger partial charge in [-0.05, 0) is 78.2 Å². The van der Waals surface area contributed by atoms with E-state index in [1.165, 1.54) is 0 Å². The Hall–Kier alpha value is -9.02. The first kappa shape index (κ1) is 67.9. The highest BCUT2D eigenvalue weighted by Gasteiger charge is 2.33. The van der Waals surface area contributed by atoms with Crippen LogP contribution in [0.2, 0.25) is 0 Å². The number of hydrogen-bond acceptors (Lipinski definition) is 32. The van der Waals surface area contributed by atoms with Crippen LogP contribution in [0.25, 0.3) is 32.3 Å². The van der Waals surface area contributed by atoms with Gasteiger partial charge in [-0.25, -0.2) is 0 Å². The molecule has 482 valence electrons. The molecular weight excluding hydrogens is 1390 g/mol. The molecule has 0 aliphatic rings. The van der Waals surface area contributed by atoms with Crippen LogP contribution in [0.4, 0.5) is 51.2 Å². The number of benzene rings is 8. The number of hydrogen-bond donors (Lipinski definition) is 12. The van der Waals surface area contributed by atoms with E-state index in [1.807, 2.05) is 0 Å². The molecule has 39 nitrogen and oxygen atoms in total. The molecule has 0 heterocycles. The van der Waals surface area contributed by atoms with E-state index in [-0.39, 0.29) is 23.6 Å². The fourth-order valence-corrected chi connectivity index (χ4v) is 14.1. The summed E-state index contributed by atoms with van der Waals surface area (Å²) in [7, 11) is -42.3. The van der Waals surface area contributed by atoms with Gasteiger partial charge in [0.25, 0.3) is 70.8 Å². The first-order valence-electron chi connectivity index (χ1n) is 23.1. The lowest BCUT2D eigenvalue weighted by Crippen LogP contribution is -2.12. The Kier molecular flexibility index (Phi) is 17.7. The second kappa shape index (κ2) is 23.7. The summed E-state index contributed by atoms with van der Waals surface area (Å²) in [6, 6.07) is 9.33. The van der Waals surface area contributed by atoms with Crippen molar-refractivity contribution in [3.8, 4) is 28.7 Å². The first-order valence-corrected chi connectivity index (χ1v) is 34.6. The molecule has 8 rings (SSSR count). The number of methoxy groups -OCH3 is 2. The number of nitrogen functional groups attached to an aromatic ring is 1. The second-order valence-electron chi connectivity index (χ2n) is 17.8. The number of nitrogens with zero attached hydrogens (tertiary/aromatic N) is 8. The first-order chi connectivity index (χ1) is 41.8. The maximum absolute atomic E-state index is 13.4. The highest BCUT2D eigenvalue weighted by atomic mass is 32.2. The molecule has 0 aliphatic carbocycles. The zero-order valence-corrected chi connectivity index (χ0v) is 50.8. The molecule has 0 spiro atoms. The molecule has 8 aromatic carbocycles. The molecule has 0 atom stereocenters. The maximum atomic E-state index is 13.4. The van der Waals surface area contributed by atoms with Crippen LogP contribution in [0.5, 0.6) is 28.7 Å². The largest absolute Gasteiger partial charge is 0.505 e. The minimum Gasteiger partial charge on any atom is -0.505 e. The fraction of sp³-hybridized carbons (Fsp3) is 0.0455. The van der Waals surface area contributed by atoms with Gasteiger partial charge in [-0.2, -0.15) is 77.5 Å². The zero-order valence-electron chi connectivity index (χ0n) is 44.3. The van der Waals surface area contributed by atoms with Crippen molar-refractivity contribution in [3.63, 3.8) is 0 Å². The van der Waals surface area contributed by atoms with E-state index in [0.29, 0.717) is 30.3 Å². The molecule has 0 amide bonds. The van der Waals surface area contributed by atoms with Crippen molar-refractivity contribution >= 4 is 164 Å². The van der Waals surface area contributed by atoms with Gasteiger partial charge in [-0.15, -0.1) is 40.9 Å². The predicted octanol–water partition coefficient (Wildman–Crippen LogP) is 6.83. The number of rotatable bonds is 19. The van der Waals surface area contributed by atoms with Crippen LogP contribution in [0.3, 0.4) is 0 Å². The number of fused-ring (bicyclic) bond motifs is 3. The summed E-state index contributed by atoms with van der Waals surface area (Å²) in [5.41, 5.74) is -3.80. The molecule has 0 unspecified atom stereocenters. The van der Waals surface area contributed by atoms with Gasteiger partial charge in [0.15, 0.2) is 17.2 Å². The summed E-state index contributed by atoms with van der Waals surface area (Å²) in [4.78, 5) is -10.9. The van der Waals surface area contributed by atoms with E-state index in [9.17, 15) is 115 Å². The highest BCUT2D eigenvalue weighted by Crippen LogP contribution is 2.52. The number of ether oxygens (including phenoxy) is 2. The van der Waals surface area contributed by atoms with E-state index < -0.39 is 221 Å². The van der Waals surface area contributed by atoms with Crippen LogP contribution < -0.4 is 21.1 Å². The molecule has 0 fully saturated rings. The molecule has 47 heteroatoms. The minimum atomic E-state index is -5.84. The fourth-order valence-electron chi connectivity index (χ4n) is 8.44. The van der Waals surface area contributed by atoms with Gasteiger partial charge in [-0.1, -0.05) is 0 Å². The lowest BCUT2D eigenvalue weighted by molar-refractivity contribution is 0.333. The Morgan fingerprint density at radius 3 is 1.01 bits per heavy atom. The Labute approximate surface area is 509 Å². The monoisotopic (exact) mass is 1420 g/mol. The van der Waals surface area contributed by atoms with Gasteiger partial charge in [-0.3, -0.25) is 31.9 Å². The van der Waals surface area contributed by atoms with E-state index in [4.69, 9.17) is 21.1 Å². The van der Waals surface area contributed by atoms with E-state index in [2.05, 4.69) is 45.2 Å². The van der Waals surface area contributed by atoms with Crippen molar-refractivity contribution in [2.24, 2.45) is 46.8 Å². The molecule has 0 saturated carbocycles. The van der Waals surface area contributed by atoms with Crippen molar-refractivity contribution in [3.05, 3.63) is 84.9 Å². The summed E-state index contributed by atoms with van der Waals surface area (Å²) < 4.78 is 290. The van der Waals surface area contributed by atoms with Crippen LogP contribution in [-0.4, -0.2) is 129 Å². The normalized spacial score (nSPS) is 13.5. The quantitative estimate of drug-likeness (QED) is 0.0171. The number of phenols is 3. The van der Waals surface area contributed by atoms with Crippen molar-refractivity contribution in [2.45, 2.75) is 39.2 Å². The third kappa shape index (κ3) is 13.4. The van der Waals surface area contributed by atoms with E-state index in [1.54, 1.807) is 0 Å². The molecule has 0 bridgehead atoms. The van der Waals surface area contributed by atoms with Crippen LogP contribution in [0.15, 0.2) is 165 Å². The van der Waals surface area contributed by atoms with Crippen LogP contribution in [0.1, 0.15) is 0 Å². The molecule has 91 heavy (non-hydrogen) atoms. The second-order valence-corrected chi connectivity index (χ2v) is 29.0. The predicted molar refractivity (Wildman–Crippen MR) is 305 cm³/mol. The van der Waals surface area contributed by atoms with Gasteiger partial charge in [0.1, 0.15) is 96.2 Å². The minimum absolute atomic E-state index is 0.147. The molecule has 0 aromatic heterocycles. The maximum Gasteiger partial charge on any atom is 0.315 e. The summed E-state index contributed by atoms with van der Waals surface area (Å²) in [6.45, 7) is 0. The molecule has 0 radical (unpaired) electrons. The standard InChI is InChI=1S/C44H34N10O29S8/c1-81-18-3-7-24(28(13-18)84(58,59)60)47-52-37-31(87(67,68)69)15-22-20(40(37)55)5-9-26(43(22)89(73,74)75)49-51-36-33(91(79,80)83-46)12-17-11-30(86(64,65)66)39(42(57)34(17)35(36)45)54-50-27-10-6-21-23(44(27)90(76,77)78)16-32(88(70,71)72)38(41(21)56)53-48-25-8-4-19(82-2)14-29(25)85(61,62)63/h3-16,55-57H,45-46H2,1-2H3,(H,58,59,60)(H,61,62,63)(H,64,65,66)(H,67,68,69)(H,70,71,72)(H,73,74,75)(H,76,77,78). The van der Waals surface area contributed by atoms with Crippen molar-refractivity contribution < 1.29 is 128 Å². The molecule has 8 aromatic rings. The number of azo groups is 4. The van der Waals surface area contributed by atoms with Gasteiger partial charge >= 0.3 is 10.1 Å². The number of anilines is 1. The summed E-state index contributed by atoms with van der Waals surface area (Å²) in [5.74, 6) is 0.407. The van der Waals surface area contributed by atoms with Crippen molar-refractivity contribution in [1.29, 1.82) is 0 Å². The number of aromatic hydroxyl groups is 3. The Bertz CT molecular complexity index is 5640. The lowest BCUT2D eigenvalue weighted by Gasteiger charge is -2.15. The average Bonchev–Trinajstić information content (AvgIpc) is 0.783. The van der Waals surface area contributed by atoms with Gasteiger partial charge in [0.05, 0.1) is 25.3 Å². The third-order valence-electron chi connectivity index (χ3n) is 12.3. The van der Waals surface area contributed by atoms with Gasteiger partial charge < -0.3 is 30.5 Å². The Morgan fingerprint density at radius 1 is 0.352 bits per heavy atom. The van der Waals surface area contributed by atoms with Crippen molar-refractivity contribution in [2.75, 3.05) is 20.0 Å². The van der Waals surface area contributed by atoms with Crippen LogP contribution >= 0.6 is 0 Å². The molecule has 14 N–H and O–H groups in total. The molecular formula is C44H34N10O29S8. The number of nitrogens with two attached hydrogens (primary N) is 2. The topological polar surface area (TPSA) is 654 Å². The average molecular weight is 1420 g/mol. The van der Waals surface area contributed by atoms with Gasteiger partial charge in [0, 0.05) is 33.7 Å². The molecule has 0 aliphatic heterocycles. The highest BCUT2D eigenvalue weighted by molar-refractivity contribution is 7.88. The Balaban J connectivity index is 1.33. The van der Waals surface area contributed by atoms with Crippen molar-refractivity contribution in [1.82, 2.24) is 0 Å². The summed E-state index contributed by atoms with van der Waals surface area (Å²) in [5, 5.41) is 57.4. The smallest absolute Gasteiger partial charge is 0.315 e. The number of phenolic OH excluding ortho intramolecular Hbond substituents is 3. The van der Waals surface area contributed by atoms with Gasteiger partial charge in [0.2, 0.25) is 0 Å².